The Bertz CT molecular complexity index is 524. The molecule has 2 rings (SSSR count). The SMILES string of the molecule is CCC1C(=O)NCCN1C(=O)CCSc1ccccc1F. The first-order chi connectivity index (χ1) is 10.1. The van der Waals surface area contributed by atoms with Gasteiger partial charge in [-0.25, -0.2) is 4.39 Å². The van der Waals surface area contributed by atoms with Gasteiger partial charge in [-0.3, -0.25) is 9.59 Å². The van der Waals surface area contributed by atoms with E-state index in [0.717, 1.165) is 0 Å². The monoisotopic (exact) mass is 310 g/mol. The molecule has 6 heteroatoms. The van der Waals surface area contributed by atoms with Gasteiger partial charge in [0.1, 0.15) is 11.9 Å². The van der Waals surface area contributed by atoms with Crippen molar-refractivity contribution in [2.75, 3.05) is 18.8 Å². The lowest BCUT2D eigenvalue weighted by Crippen LogP contribution is -2.56. The van der Waals surface area contributed by atoms with Gasteiger partial charge in [-0.2, -0.15) is 0 Å². The van der Waals surface area contributed by atoms with Crippen molar-refractivity contribution in [2.24, 2.45) is 0 Å². The maximum Gasteiger partial charge on any atom is 0.242 e. The van der Waals surface area contributed by atoms with E-state index in [4.69, 9.17) is 0 Å². The lowest BCUT2D eigenvalue weighted by Gasteiger charge is -2.34. The number of nitrogens with one attached hydrogen (secondary N) is 1. The predicted molar refractivity (Wildman–Crippen MR) is 80.5 cm³/mol. The summed E-state index contributed by atoms with van der Waals surface area (Å²) in [5.41, 5.74) is 0. The molecule has 1 aromatic rings. The molecule has 4 nitrogen and oxygen atoms in total. The maximum atomic E-state index is 13.5. The van der Waals surface area contributed by atoms with E-state index in [2.05, 4.69) is 5.32 Å². The molecule has 1 unspecified atom stereocenters. The summed E-state index contributed by atoms with van der Waals surface area (Å²) >= 11 is 1.33. The standard InChI is InChI=1S/C15H19FN2O2S/c1-2-12-15(20)17-8-9-18(12)14(19)7-10-21-13-6-4-3-5-11(13)16/h3-6,12H,2,7-10H2,1H3,(H,17,20). The van der Waals surface area contributed by atoms with Gasteiger partial charge in [0.15, 0.2) is 0 Å². The van der Waals surface area contributed by atoms with Crippen LogP contribution < -0.4 is 5.32 Å². The van der Waals surface area contributed by atoms with Crippen LogP contribution in [0.3, 0.4) is 0 Å². The van der Waals surface area contributed by atoms with Crippen LogP contribution in [0.1, 0.15) is 19.8 Å². The van der Waals surface area contributed by atoms with E-state index >= 15 is 0 Å². The van der Waals surface area contributed by atoms with Crippen molar-refractivity contribution in [1.29, 1.82) is 0 Å². The molecule has 0 radical (unpaired) electrons. The van der Waals surface area contributed by atoms with Gasteiger partial charge in [0.2, 0.25) is 11.8 Å². The van der Waals surface area contributed by atoms with Crippen molar-refractivity contribution < 1.29 is 14.0 Å². The third-order valence-electron chi connectivity index (χ3n) is 3.45. The van der Waals surface area contributed by atoms with Gasteiger partial charge in [-0.15, -0.1) is 11.8 Å². The molecular weight excluding hydrogens is 291 g/mol. The summed E-state index contributed by atoms with van der Waals surface area (Å²) in [5.74, 6) is 0.118. The molecule has 0 saturated carbocycles. The Balaban J connectivity index is 1.86. The Kier molecular flexibility index (Phi) is 5.61. The smallest absolute Gasteiger partial charge is 0.242 e. The Labute approximate surface area is 128 Å². The molecule has 1 saturated heterocycles. The molecule has 0 bridgehead atoms. The average molecular weight is 310 g/mol. The van der Waals surface area contributed by atoms with E-state index in [1.807, 2.05) is 6.92 Å². The van der Waals surface area contributed by atoms with E-state index in [0.29, 0.717) is 36.6 Å². The van der Waals surface area contributed by atoms with Crippen molar-refractivity contribution >= 4 is 23.6 Å². The normalized spacial score (nSPS) is 18.5. The number of thioether (sulfide) groups is 1. The number of amides is 2. The van der Waals surface area contributed by atoms with Gasteiger partial charge in [0, 0.05) is 30.2 Å². The van der Waals surface area contributed by atoms with Crippen LogP contribution in [0.2, 0.25) is 0 Å². The molecule has 1 atom stereocenters. The largest absolute Gasteiger partial charge is 0.353 e. The fourth-order valence-electron chi connectivity index (χ4n) is 2.37. The van der Waals surface area contributed by atoms with Gasteiger partial charge < -0.3 is 10.2 Å². The second-order valence-electron chi connectivity index (χ2n) is 4.83. The van der Waals surface area contributed by atoms with Crippen LogP contribution in [0.5, 0.6) is 0 Å². The highest BCUT2D eigenvalue weighted by atomic mass is 32.2. The second-order valence-corrected chi connectivity index (χ2v) is 5.97. The Morgan fingerprint density at radius 2 is 2.24 bits per heavy atom. The third-order valence-corrected chi connectivity index (χ3v) is 4.50. The fourth-order valence-corrected chi connectivity index (χ4v) is 3.25. The number of piperazine rings is 1. The summed E-state index contributed by atoms with van der Waals surface area (Å²) in [6.07, 6.45) is 0.917. The van der Waals surface area contributed by atoms with Gasteiger partial charge in [-0.1, -0.05) is 19.1 Å². The summed E-state index contributed by atoms with van der Waals surface area (Å²) in [7, 11) is 0. The number of carbonyl (C=O) groups is 2. The first-order valence-electron chi connectivity index (χ1n) is 7.08. The number of nitrogens with zero attached hydrogens (tertiary/aromatic N) is 1. The Morgan fingerprint density at radius 1 is 1.48 bits per heavy atom. The van der Waals surface area contributed by atoms with Crippen LogP contribution in [0.15, 0.2) is 29.2 Å². The predicted octanol–water partition coefficient (Wildman–Crippen LogP) is 2.04. The molecule has 0 aromatic heterocycles. The summed E-state index contributed by atoms with van der Waals surface area (Å²) in [6, 6.07) is 6.16. The molecule has 0 spiro atoms. The molecule has 1 N–H and O–H groups in total. The third kappa shape index (κ3) is 3.97. The molecule has 1 heterocycles. The van der Waals surface area contributed by atoms with Gasteiger partial charge in [-0.05, 0) is 18.6 Å². The zero-order valence-corrected chi connectivity index (χ0v) is 12.8. The molecule has 1 fully saturated rings. The second kappa shape index (κ2) is 7.45. The minimum absolute atomic E-state index is 0.0412. The minimum Gasteiger partial charge on any atom is -0.353 e. The molecule has 21 heavy (non-hydrogen) atoms. The van der Waals surface area contributed by atoms with Gasteiger partial charge in [0.25, 0.3) is 0 Å². The lowest BCUT2D eigenvalue weighted by molar-refractivity contribution is -0.143. The van der Waals surface area contributed by atoms with Gasteiger partial charge in [0.05, 0.1) is 0 Å². The number of carbonyl (C=O) groups excluding carboxylic acids is 2. The van der Waals surface area contributed by atoms with Crippen molar-refractivity contribution in [3.63, 3.8) is 0 Å². The highest BCUT2D eigenvalue weighted by Crippen LogP contribution is 2.22. The number of rotatable bonds is 5. The van der Waals surface area contributed by atoms with Crippen LogP contribution in [0.25, 0.3) is 0 Å². The van der Waals surface area contributed by atoms with E-state index in [1.165, 1.54) is 17.8 Å². The molecule has 1 aliphatic heterocycles. The molecular formula is C15H19FN2O2S. The van der Waals surface area contributed by atoms with Crippen LogP contribution in [-0.2, 0) is 9.59 Å². The Hall–Kier alpha value is -1.56. The summed E-state index contributed by atoms with van der Waals surface area (Å²) in [5, 5.41) is 2.77. The number of halogens is 1. The summed E-state index contributed by atoms with van der Waals surface area (Å²) < 4.78 is 13.5. The molecule has 114 valence electrons. The van der Waals surface area contributed by atoms with Crippen LogP contribution >= 0.6 is 11.8 Å². The summed E-state index contributed by atoms with van der Waals surface area (Å²) in [4.78, 5) is 26.1. The molecule has 1 aromatic carbocycles. The summed E-state index contributed by atoms with van der Waals surface area (Å²) in [6.45, 7) is 2.94. The molecule has 2 amide bonds. The first-order valence-corrected chi connectivity index (χ1v) is 8.06. The first kappa shape index (κ1) is 15.8. The Morgan fingerprint density at radius 3 is 2.95 bits per heavy atom. The van der Waals surface area contributed by atoms with Crippen LogP contribution in [0, 0.1) is 5.82 Å². The van der Waals surface area contributed by atoms with E-state index in [-0.39, 0.29) is 23.7 Å². The van der Waals surface area contributed by atoms with E-state index in [9.17, 15) is 14.0 Å². The van der Waals surface area contributed by atoms with Gasteiger partial charge >= 0.3 is 0 Å². The topological polar surface area (TPSA) is 49.4 Å². The highest BCUT2D eigenvalue weighted by Gasteiger charge is 2.30. The lowest BCUT2D eigenvalue weighted by atomic mass is 10.1. The maximum absolute atomic E-state index is 13.5. The average Bonchev–Trinajstić information content (AvgIpc) is 2.48. The number of hydrogen-bond donors (Lipinski definition) is 1. The van der Waals surface area contributed by atoms with Crippen LogP contribution in [0.4, 0.5) is 4.39 Å². The molecule has 0 aliphatic carbocycles. The molecule has 1 aliphatic rings. The van der Waals surface area contributed by atoms with E-state index < -0.39 is 0 Å². The minimum atomic E-state index is -0.371. The quantitative estimate of drug-likeness (QED) is 0.847. The van der Waals surface area contributed by atoms with E-state index in [1.54, 1.807) is 23.1 Å². The number of benzene rings is 1. The zero-order valence-electron chi connectivity index (χ0n) is 12.0. The van der Waals surface area contributed by atoms with Crippen LogP contribution in [-0.4, -0.2) is 41.6 Å². The van der Waals surface area contributed by atoms with Crippen molar-refractivity contribution in [3.05, 3.63) is 30.1 Å². The van der Waals surface area contributed by atoms with Crippen molar-refractivity contribution in [2.45, 2.75) is 30.7 Å². The fraction of sp³-hybridized carbons (Fsp3) is 0.467. The zero-order chi connectivity index (χ0) is 15.2. The van der Waals surface area contributed by atoms with Crippen molar-refractivity contribution in [1.82, 2.24) is 10.2 Å². The van der Waals surface area contributed by atoms with Crippen molar-refractivity contribution in [3.8, 4) is 0 Å². The highest BCUT2D eigenvalue weighted by molar-refractivity contribution is 7.99. The number of hydrogen-bond acceptors (Lipinski definition) is 3.